The number of rotatable bonds is 3. The van der Waals surface area contributed by atoms with Crippen LogP contribution in [0.3, 0.4) is 0 Å². The molecular formula is C14H15BrClNO6. The van der Waals surface area contributed by atoms with Crippen LogP contribution in [-0.2, 0) is 4.74 Å². The molecule has 0 spiro atoms. The van der Waals surface area contributed by atoms with E-state index in [1.807, 2.05) is 0 Å². The van der Waals surface area contributed by atoms with Crippen LogP contribution in [0.15, 0.2) is 22.8 Å². The largest absolute Gasteiger partial charge is 0.460 e. The van der Waals surface area contributed by atoms with E-state index in [0.29, 0.717) is 20.6 Å². The minimum absolute atomic E-state index is 0.315. The van der Waals surface area contributed by atoms with Gasteiger partial charge in [0, 0.05) is 10.7 Å². The van der Waals surface area contributed by atoms with Crippen LogP contribution in [0.2, 0.25) is 5.02 Å². The third-order valence-electron chi connectivity index (χ3n) is 3.79. The van der Waals surface area contributed by atoms with E-state index < -0.39 is 37.3 Å². The van der Waals surface area contributed by atoms with Gasteiger partial charge in [0.15, 0.2) is 0 Å². The summed E-state index contributed by atoms with van der Waals surface area (Å²) in [6, 6.07) is 3.57. The Labute approximate surface area is 144 Å². The highest BCUT2D eigenvalue weighted by Crippen LogP contribution is 2.38. The lowest BCUT2D eigenvalue weighted by Gasteiger charge is -2.39. The molecule has 3 rings (SSSR count). The van der Waals surface area contributed by atoms with Gasteiger partial charge in [-0.15, -0.1) is 0 Å². The van der Waals surface area contributed by atoms with Crippen LogP contribution in [0.5, 0.6) is 5.75 Å². The van der Waals surface area contributed by atoms with Gasteiger partial charge in [-0.1, -0.05) is 11.6 Å². The molecule has 0 aliphatic carbocycles. The fraction of sp³-hybridized carbons (Fsp3) is 0.429. The van der Waals surface area contributed by atoms with Crippen LogP contribution >= 0.6 is 27.5 Å². The standard InChI is InChI=1S/C14H15BrClNO6/c15-5-1-2-6-9(10(5)16)7(3-17-6)22-14-13(21)12(20)11(19)8(4-18)23-14/h1-3,8,11-14,17-21H,4H2/t8-,11-,12-,13-,14-/m1/s1. The summed E-state index contributed by atoms with van der Waals surface area (Å²) in [5.41, 5.74) is 0.720. The Kier molecular flexibility index (Phi) is 4.84. The number of nitrogens with one attached hydrogen (secondary N) is 1. The van der Waals surface area contributed by atoms with Crippen LogP contribution < -0.4 is 4.74 Å². The Morgan fingerprint density at radius 2 is 1.96 bits per heavy atom. The molecular weight excluding hydrogens is 394 g/mol. The highest BCUT2D eigenvalue weighted by molar-refractivity contribution is 9.10. The molecule has 1 fully saturated rings. The van der Waals surface area contributed by atoms with Crippen molar-refractivity contribution in [1.29, 1.82) is 0 Å². The summed E-state index contributed by atoms with van der Waals surface area (Å²) in [6.07, 6.45) is -5.17. The number of aliphatic hydroxyl groups excluding tert-OH is 4. The Morgan fingerprint density at radius 1 is 1.22 bits per heavy atom. The predicted octanol–water partition coefficient (Wildman–Crippen LogP) is 0.762. The van der Waals surface area contributed by atoms with Crippen LogP contribution in [0, 0.1) is 0 Å². The van der Waals surface area contributed by atoms with Crippen LogP contribution in [0.25, 0.3) is 10.9 Å². The molecule has 23 heavy (non-hydrogen) atoms. The smallest absolute Gasteiger partial charge is 0.229 e. The minimum Gasteiger partial charge on any atom is -0.460 e. The number of hydrogen-bond acceptors (Lipinski definition) is 6. The first kappa shape index (κ1) is 17.0. The van der Waals surface area contributed by atoms with E-state index in [2.05, 4.69) is 20.9 Å². The van der Waals surface area contributed by atoms with Crippen LogP contribution in [-0.4, -0.2) is 62.7 Å². The fourth-order valence-electron chi connectivity index (χ4n) is 2.51. The van der Waals surface area contributed by atoms with Crippen molar-refractivity contribution >= 4 is 38.4 Å². The first-order valence-corrected chi connectivity index (χ1v) is 8.03. The van der Waals surface area contributed by atoms with E-state index in [1.165, 1.54) is 0 Å². The molecule has 2 heterocycles. The first-order valence-electron chi connectivity index (χ1n) is 6.86. The van der Waals surface area contributed by atoms with Gasteiger partial charge in [0.1, 0.15) is 30.2 Å². The number of hydrogen-bond donors (Lipinski definition) is 5. The highest BCUT2D eigenvalue weighted by Gasteiger charge is 2.44. The Bertz CT molecular complexity index is 708. The normalized spacial score (nSPS) is 31.5. The maximum absolute atomic E-state index is 10.0. The van der Waals surface area contributed by atoms with Crippen molar-refractivity contribution in [2.45, 2.75) is 30.7 Å². The van der Waals surface area contributed by atoms with Crippen LogP contribution in [0.1, 0.15) is 0 Å². The maximum atomic E-state index is 10.0. The van der Waals surface area contributed by atoms with Crippen molar-refractivity contribution in [3.63, 3.8) is 0 Å². The van der Waals surface area contributed by atoms with Crippen molar-refractivity contribution in [3.05, 3.63) is 27.8 Å². The van der Waals surface area contributed by atoms with Gasteiger partial charge < -0.3 is 34.9 Å². The predicted molar refractivity (Wildman–Crippen MR) is 85.4 cm³/mol. The summed E-state index contributed by atoms with van der Waals surface area (Å²) in [4.78, 5) is 2.98. The maximum Gasteiger partial charge on any atom is 0.229 e. The molecule has 0 bridgehead atoms. The Hall–Kier alpha value is -0.870. The monoisotopic (exact) mass is 407 g/mol. The van der Waals surface area contributed by atoms with Gasteiger partial charge in [0.05, 0.1) is 22.5 Å². The lowest BCUT2D eigenvalue weighted by molar-refractivity contribution is -0.277. The van der Waals surface area contributed by atoms with E-state index in [1.54, 1.807) is 18.3 Å². The molecule has 1 aromatic carbocycles. The number of halogens is 2. The fourth-order valence-corrected chi connectivity index (χ4v) is 3.10. The molecule has 0 unspecified atom stereocenters. The SMILES string of the molecule is OC[C@H]1O[C@@H](Oc2c[nH]c3ccc(Br)c(Cl)c23)[C@H](O)[C@H](O)[C@@H]1O. The summed E-state index contributed by atoms with van der Waals surface area (Å²) < 4.78 is 11.6. The third kappa shape index (κ3) is 2.96. The van der Waals surface area contributed by atoms with Gasteiger partial charge in [0.2, 0.25) is 6.29 Å². The number of aromatic nitrogens is 1. The molecule has 1 aromatic heterocycles. The molecule has 1 aliphatic rings. The van der Waals surface area contributed by atoms with Crippen molar-refractivity contribution < 1.29 is 29.9 Å². The second-order valence-corrected chi connectivity index (χ2v) is 6.48. The Balaban J connectivity index is 1.91. The molecule has 1 aliphatic heterocycles. The van der Waals surface area contributed by atoms with Crippen molar-refractivity contribution in [2.24, 2.45) is 0 Å². The molecule has 0 saturated carbocycles. The number of ether oxygens (including phenoxy) is 2. The minimum atomic E-state index is -1.50. The molecule has 9 heteroatoms. The number of benzene rings is 1. The lowest BCUT2D eigenvalue weighted by atomic mass is 9.99. The van der Waals surface area contributed by atoms with E-state index in [0.717, 1.165) is 5.52 Å². The number of aromatic amines is 1. The molecule has 5 N–H and O–H groups in total. The van der Waals surface area contributed by atoms with Gasteiger partial charge in [-0.25, -0.2) is 0 Å². The zero-order valence-electron chi connectivity index (χ0n) is 11.7. The summed E-state index contributed by atoms with van der Waals surface area (Å²) in [7, 11) is 0. The summed E-state index contributed by atoms with van der Waals surface area (Å²) in [6.45, 7) is -0.523. The average molecular weight is 409 g/mol. The van der Waals surface area contributed by atoms with E-state index >= 15 is 0 Å². The summed E-state index contributed by atoms with van der Waals surface area (Å²) in [5.74, 6) is 0.315. The van der Waals surface area contributed by atoms with Gasteiger partial charge in [0.25, 0.3) is 0 Å². The molecule has 0 radical (unpaired) electrons. The van der Waals surface area contributed by atoms with Crippen LogP contribution in [0.4, 0.5) is 0 Å². The number of aliphatic hydroxyl groups is 4. The van der Waals surface area contributed by atoms with E-state index in [4.69, 9.17) is 21.1 Å². The highest BCUT2D eigenvalue weighted by atomic mass is 79.9. The lowest BCUT2D eigenvalue weighted by Crippen LogP contribution is -2.60. The summed E-state index contributed by atoms with van der Waals surface area (Å²) >= 11 is 9.58. The first-order chi connectivity index (χ1) is 10.9. The van der Waals surface area contributed by atoms with Crippen molar-refractivity contribution in [3.8, 4) is 5.75 Å². The number of H-pyrrole nitrogens is 1. The van der Waals surface area contributed by atoms with Gasteiger partial charge in [-0.3, -0.25) is 0 Å². The zero-order chi connectivity index (χ0) is 16.7. The summed E-state index contributed by atoms with van der Waals surface area (Å²) in [5, 5.41) is 39.8. The van der Waals surface area contributed by atoms with Gasteiger partial charge in [-0.2, -0.15) is 0 Å². The second kappa shape index (κ2) is 6.56. The molecule has 7 nitrogen and oxygen atoms in total. The topological polar surface area (TPSA) is 115 Å². The van der Waals surface area contributed by atoms with E-state index in [9.17, 15) is 20.4 Å². The zero-order valence-corrected chi connectivity index (χ0v) is 14.0. The molecule has 126 valence electrons. The van der Waals surface area contributed by atoms with E-state index in [-0.39, 0.29) is 0 Å². The van der Waals surface area contributed by atoms with Gasteiger partial charge >= 0.3 is 0 Å². The Morgan fingerprint density at radius 3 is 2.65 bits per heavy atom. The molecule has 1 saturated heterocycles. The molecule has 2 aromatic rings. The number of fused-ring (bicyclic) bond motifs is 1. The quantitative estimate of drug-likeness (QED) is 0.512. The van der Waals surface area contributed by atoms with Gasteiger partial charge in [-0.05, 0) is 28.1 Å². The molecule has 5 atom stereocenters. The van der Waals surface area contributed by atoms with Crippen molar-refractivity contribution in [1.82, 2.24) is 4.98 Å². The second-order valence-electron chi connectivity index (χ2n) is 5.25. The molecule has 0 amide bonds. The third-order valence-corrected chi connectivity index (χ3v) is 5.07. The average Bonchev–Trinajstić information content (AvgIpc) is 2.95. The van der Waals surface area contributed by atoms with Crippen molar-refractivity contribution in [2.75, 3.05) is 6.61 Å².